The predicted octanol–water partition coefficient (Wildman–Crippen LogP) is 0.291. The summed E-state index contributed by atoms with van der Waals surface area (Å²) in [5.41, 5.74) is 0. The highest BCUT2D eigenvalue weighted by molar-refractivity contribution is 5.89. The number of nitrogens with zero attached hydrogens (tertiary/aromatic N) is 1. The third kappa shape index (κ3) is 2.44. The summed E-state index contributed by atoms with van der Waals surface area (Å²) in [5.74, 6) is -0.0230. The van der Waals surface area contributed by atoms with Gasteiger partial charge in [0.25, 0.3) is 0 Å². The molecule has 1 saturated carbocycles. The van der Waals surface area contributed by atoms with E-state index in [-0.39, 0.29) is 24.0 Å². The molecule has 0 aromatic rings. The van der Waals surface area contributed by atoms with Gasteiger partial charge in [-0.15, -0.1) is 0 Å². The number of amides is 2. The number of carbonyl (C=O) groups is 2. The standard InChI is InChI=1S/C12H20N2O3/c1-8-12(16)14(7-6-11(15)13-8)9-4-3-5-10(9)17-2/h8-10H,3-7H2,1-2H3,(H,13,15). The number of carbonyl (C=O) groups excluding carboxylic acids is 2. The zero-order chi connectivity index (χ0) is 12.4. The maximum atomic E-state index is 12.2. The Hall–Kier alpha value is -1.10. The van der Waals surface area contributed by atoms with Crippen LogP contribution in [-0.2, 0) is 14.3 Å². The quantitative estimate of drug-likeness (QED) is 0.755. The monoisotopic (exact) mass is 240 g/mol. The third-order valence-corrected chi connectivity index (χ3v) is 3.73. The number of ether oxygens (including phenoxy) is 1. The molecular weight excluding hydrogens is 220 g/mol. The van der Waals surface area contributed by atoms with E-state index in [0.29, 0.717) is 13.0 Å². The van der Waals surface area contributed by atoms with Crippen LogP contribution in [-0.4, -0.2) is 48.6 Å². The van der Waals surface area contributed by atoms with Crippen molar-refractivity contribution in [2.24, 2.45) is 0 Å². The van der Waals surface area contributed by atoms with Crippen molar-refractivity contribution < 1.29 is 14.3 Å². The Balaban J connectivity index is 2.12. The smallest absolute Gasteiger partial charge is 0.245 e. The molecule has 0 spiro atoms. The summed E-state index contributed by atoms with van der Waals surface area (Å²) in [6.45, 7) is 2.26. The Labute approximate surface area is 101 Å². The number of methoxy groups -OCH3 is 1. The van der Waals surface area contributed by atoms with Crippen molar-refractivity contribution in [3.05, 3.63) is 0 Å². The van der Waals surface area contributed by atoms with Gasteiger partial charge in [0.05, 0.1) is 12.1 Å². The van der Waals surface area contributed by atoms with Crippen molar-refractivity contribution in [1.82, 2.24) is 10.2 Å². The second-order valence-corrected chi connectivity index (χ2v) is 4.84. The first-order valence-corrected chi connectivity index (χ1v) is 6.26. The van der Waals surface area contributed by atoms with E-state index < -0.39 is 6.04 Å². The molecule has 3 unspecified atom stereocenters. The maximum Gasteiger partial charge on any atom is 0.245 e. The molecule has 2 rings (SSSR count). The summed E-state index contributed by atoms with van der Waals surface area (Å²) in [5, 5.41) is 2.71. The Bertz CT molecular complexity index is 319. The van der Waals surface area contributed by atoms with Gasteiger partial charge in [-0.25, -0.2) is 0 Å². The number of hydrogen-bond acceptors (Lipinski definition) is 3. The van der Waals surface area contributed by atoms with Gasteiger partial charge >= 0.3 is 0 Å². The van der Waals surface area contributed by atoms with Gasteiger partial charge in [-0.05, 0) is 26.2 Å². The van der Waals surface area contributed by atoms with E-state index in [1.165, 1.54) is 0 Å². The second kappa shape index (κ2) is 5.04. The summed E-state index contributed by atoms with van der Waals surface area (Å²) in [4.78, 5) is 25.5. The van der Waals surface area contributed by atoms with Crippen molar-refractivity contribution in [2.45, 2.75) is 50.8 Å². The van der Waals surface area contributed by atoms with E-state index in [1.807, 2.05) is 4.90 Å². The highest BCUT2D eigenvalue weighted by Crippen LogP contribution is 2.27. The highest BCUT2D eigenvalue weighted by Gasteiger charge is 2.38. The lowest BCUT2D eigenvalue weighted by Crippen LogP contribution is -2.49. The van der Waals surface area contributed by atoms with Gasteiger partial charge in [0.2, 0.25) is 11.8 Å². The first kappa shape index (κ1) is 12.4. The molecule has 0 radical (unpaired) electrons. The lowest BCUT2D eigenvalue weighted by atomic mass is 10.1. The van der Waals surface area contributed by atoms with Crippen LogP contribution in [0.3, 0.4) is 0 Å². The molecule has 5 nitrogen and oxygen atoms in total. The number of hydrogen-bond donors (Lipinski definition) is 1. The van der Waals surface area contributed by atoms with Crippen molar-refractivity contribution >= 4 is 11.8 Å². The minimum absolute atomic E-state index is 0.0183. The van der Waals surface area contributed by atoms with Crippen molar-refractivity contribution in [3.8, 4) is 0 Å². The van der Waals surface area contributed by atoms with Crippen LogP contribution in [0.4, 0.5) is 0 Å². The van der Waals surface area contributed by atoms with Gasteiger partial charge in [0.1, 0.15) is 6.04 Å². The Kier molecular flexibility index (Phi) is 3.66. The minimum Gasteiger partial charge on any atom is -0.379 e. The van der Waals surface area contributed by atoms with E-state index in [1.54, 1.807) is 14.0 Å². The molecule has 2 aliphatic rings. The molecule has 96 valence electrons. The average Bonchev–Trinajstić information content (AvgIpc) is 2.72. The molecular formula is C12H20N2O3. The Morgan fingerprint density at radius 2 is 2.12 bits per heavy atom. The van der Waals surface area contributed by atoms with E-state index in [0.717, 1.165) is 19.3 Å². The molecule has 0 aromatic heterocycles. The van der Waals surface area contributed by atoms with Crippen LogP contribution in [0.2, 0.25) is 0 Å². The molecule has 0 bridgehead atoms. The third-order valence-electron chi connectivity index (χ3n) is 3.73. The average molecular weight is 240 g/mol. The maximum absolute atomic E-state index is 12.2. The predicted molar refractivity (Wildman–Crippen MR) is 62.4 cm³/mol. The summed E-state index contributed by atoms with van der Waals surface area (Å²) < 4.78 is 5.43. The molecule has 1 N–H and O–H groups in total. The second-order valence-electron chi connectivity index (χ2n) is 4.84. The van der Waals surface area contributed by atoms with Gasteiger partial charge in [-0.1, -0.05) is 0 Å². The van der Waals surface area contributed by atoms with Gasteiger partial charge < -0.3 is 15.0 Å². The van der Waals surface area contributed by atoms with Gasteiger partial charge in [0.15, 0.2) is 0 Å². The normalized spacial score (nSPS) is 34.7. The van der Waals surface area contributed by atoms with Crippen LogP contribution in [0, 0.1) is 0 Å². The summed E-state index contributed by atoms with van der Waals surface area (Å²) in [7, 11) is 1.69. The molecule has 0 aromatic carbocycles. The lowest BCUT2D eigenvalue weighted by Gasteiger charge is -2.32. The van der Waals surface area contributed by atoms with Crippen LogP contribution in [0.15, 0.2) is 0 Å². The minimum atomic E-state index is -0.414. The SMILES string of the molecule is COC1CCCC1N1CCC(=O)NC(C)C1=O. The summed E-state index contributed by atoms with van der Waals surface area (Å²) in [6.07, 6.45) is 3.58. The van der Waals surface area contributed by atoms with Crippen molar-refractivity contribution in [2.75, 3.05) is 13.7 Å². The molecule has 1 aliphatic carbocycles. The van der Waals surface area contributed by atoms with E-state index in [4.69, 9.17) is 4.74 Å². The Morgan fingerprint density at radius 3 is 2.82 bits per heavy atom. The molecule has 2 fully saturated rings. The molecule has 3 atom stereocenters. The summed E-state index contributed by atoms with van der Waals surface area (Å²) >= 11 is 0. The van der Waals surface area contributed by atoms with Crippen LogP contribution in [0.1, 0.15) is 32.6 Å². The molecule has 1 aliphatic heterocycles. The zero-order valence-corrected chi connectivity index (χ0v) is 10.4. The fourth-order valence-corrected chi connectivity index (χ4v) is 2.82. The molecule has 1 heterocycles. The van der Waals surface area contributed by atoms with Crippen molar-refractivity contribution in [3.63, 3.8) is 0 Å². The number of nitrogens with one attached hydrogen (secondary N) is 1. The van der Waals surface area contributed by atoms with E-state index in [9.17, 15) is 9.59 Å². The van der Waals surface area contributed by atoms with E-state index >= 15 is 0 Å². The van der Waals surface area contributed by atoms with Crippen LogP contribution < -0.4 is 5.32 Å². The molecule has 17 heavy (non-hydrogen) atoms. The van der Waals surface area contributed by atoms with E-state index in [2.05, 4.69) is 5.32 Å². The van der Waals surface area contributed by atoms with Crippen LogP contribution in [0.25, 0.3) is 0 Å². The fraction of sp³-hybridized carbons (Fsp3) is 0.833. The van der Waals surface area contributed by atoms with Gasteiger partial charge in [-0.3, -0.25) is 9.59 Å². The fourth-order valence-electron chi connectivity index (χ4n) is 2.82. The van der Waals surface area contributed by atoms with Crippen LogP contribution in [0.5, 0.6) is 0 Å². The van der Waals surface area contributed by atoms with Gasteiger partial charge in [-0.2, -0.15) is 0 Å². The molecule has 5 heteroatoms. The largest absolute Gasteiger partial charge is 0.379 e. The molecule has 2 amide bonds. The zero-order valence-electron chi connectivity index (χ0n) is 10.4. The first-order chi connectivity index (χ1) is 8.13. The van der Waals surface area contributed by atoms with Crippen LogP contribution >= 0.6 is 0 Å². The molecule has 1 saturated heterocycles. The highest BCUT2D eigenvalue weighted by atomic mass is 16.5. The van der Waals surface area contributed by atoms with Crippen molar-refractivity contribution in [1.29, 1.82) is 0 Å². The Morgan fingerprint density at radius 1 is 1.35 bits per heavy atom. The van der Waals surface area contributed by atoms with Gasteiger partial charge in [0, 0.05) is 20.1 Å². The number of rotatable bonds is 2. The summed E-state index contributed by atoms with van der Waals surface area (Å²) in [6, 6.07) is -0.272. The lowest BCUT2D eigenvalue weighted by molar-refractivity contribution is -0.137. The topological polar surface area (TPSA) is 58.6 Å². The first-order valence-electron chi connectivity index (χ1n) is 6.26.